The molecule has 0 aromatic heterocycles. The molecular weight excluding hydrogens is 264 g/mol. The van der Waals surface area contributed by atoms with E-state index in [2.05, 4.69) is 40.4 Å². The zero-order valence-corrected chi connectivity index (χ0v) is 14.2. The summed E-state index contributed by atoms with van der Waals surface area (Å²) in [6.45, 7) is 14.2. The Kier molecular flexibility index (Phi) is 5.11. The normalized spacial score (nSPS) is 13.9. The first-order valence-corrected chi connectivity index (χ1v) is 10.0. The summed E-state index contributed by atoms with van der Waals surface area (Å²) in [5.41, 5.74) is 1.38. The molecule has 0 bridgehead atoms. The summed E-state index contributed by atoms with van der Waals surface area (Å²) in [5, 5.41) is 10.3. The standard InChI is InChI=1S/C17H26O2Si/c1-13(16(19)20(5,6)17(2,3)4)15(18)12-14-10-8-7-9-11-14/h7-11,15,18H,1,12H2,2-6H3. The number of carbonyl (C=O) groups is 1. The van der Waals surface area contributed by atoms with Crippen molar-refractivity contribution in [3.8, 4) is 0 Å². The molecule has 0 aliphatic heterocycles. The lowest BCUT2D eigenvalue weighted by molar-refractivity contribution is -0.110. The van der Waals surface area contributed by atoms with Crippen molar-refractivity contribution < 1.29 is 9.90 Å². The summed E-state index contributed by atoms with van der Waals surface area (Å²) in [6.07, 6.45) is -0.348. The Balaban J connectivity index is 2.82. The molecule has 0 aliphatic rings. The lowest BCUT2D eigenvalue weighted by Gasteiger charge is -2.36. The van der Waals surface area contributed by atoms with E-state index in [1.807, 2.05) is 30.3 Å². The highest BCUT2D eigenvalue weighted by Crippen LogP contribution is 2.38. The zero-order valence-electron chi connectivity index (χ0n) is 13.2. The Morgan fingerprint density at radius 3 is 2.20 bits per heavy atom. The van der Waals surface area contributed by atoms with Gasteiger partial charge in [0, 0.05) is 12.0 Å². The van der Waals surface area contributed by atoms with Crippen LogP contribution in [0, 0.1) is 0 Å². The fourth-order valence-electron chi connectivity index (χ4n) is 1.85. The van der Waals surface area contributed by atoms with E-state index in [9.17, 15) is 9.90 Å². The van der Waals surface area contributed by atoms with Crippen molar-refractivity contribution in [3.63, 3.8) is 0 Å². The minimum atomic E-state index is -2.15. The van der Waals surface area contributed by atoms with Crippen LogP contribution in [0.4, 0.5) is 0 Å². The monoisotopic (exact) mass is 290 g/mol. The molecule has 0 amide bonds. The van der Waals surface area contributed by atoms with Crippen LogP contribution in [0.15, 0.2) is 42.5 Å². The van der Waals surface area contributed by atoms with E-state index in [1.165, 1.54) is 0 Å². The van der Waals surface area contributed by atoms with Crippen LogP contribution >= 0.6 is 0 Å². The fourth-order valence-corrected chi connectivity index (χ4v) is 3.50. The van der Waals surface area contributed by atoms with E-state index in [-0.39, 0.29) is 10.4 Å². The average Bonchev–Trinajstić information content (AvgIpc) is 2.36. The number of aliphatic hydroxyl groups excluding tert-OH is 1. The molecule has 1 aromatic rings. The lowest BCUT2D eigenvalue weighted by Crippen LogP contribution is -2.48. The summed E-state index contributed by atoms with van der Waals surface area (Å²) in [4.78, 5) is 12.6. The molecule has 2 nitrogen and oxygen atoms in total. The van der Waals surface area contributed by atoms with Crippen molar-refractivity contribution in [1.82, 2.24) is 0 Å². The van der Waals surface area contributed by atoms with Crippen molar-refractivity contribution >= 4 is 13.5 Å². The summed E-state index contributed by atoms with van der Waals surface area (Å²) >= 11 is 0. The van der Waals surface area contributed by atoms with Gasteiger partial charge in [0.25, 0.3) is 0 Å². The van der Waals surface area contributed by atoms with E-state index >= 15 is 0 Å². The molecule has 0 saturated carbocycles. The number of aliphatic hydroxyl groups is 1. The zero-order chi connectivity index (χ0) is 15.6. The molecule has 0 spiro atoms. The van der Waals surface area contributed by atoms with Crippen molar-refractivity contribution in [2.24, 2.45) is 0 Å². The molecule has 1 aromatic carbocycles. The predicted molar refractivity (Wildman–Crippen MR) is 87.5 cm³/mol. The maximum absolute atomic E-state index is 12.6. The van der Waals surface area contributed by atoms with Gasteiger partial charge in [-0.05, 0) is 10.6 Å². The largest absolute Gasteiger partial charge is 0.388 e. The first kappa shape index (κ1) is 16.9. The number of rotatable bonds is 5. The molecule has 1 N–H and O–H groups in total. The maximum atomic E-state index is 12.6. The Bertz CT molecular complexity index is 483. The van der Waals surface area contributed by atoms with E-state index in [0.717, 1.165) is 5.56 Å². The second-order valence-electron chi connectivity index (χ2n) is 6.93. The number of carbonyl (C=O) groups excluding carboxylic acids is 1. The molecule has 20 heavy (non-hydrogen) atoms. The topological polar surface area (TPSA) is 37.3 Å². The van der Waals surface area contributed by atoms with Crippen LogP contribution in [0.3, 0.4) is 0 Å². The number of hydrogen-bond acceptors (Lipinski definition) is 2. The minimum absolute atomic E-state index is 0.0422. The molecule has 3 heteroatoms. The summed E-state index contributed by atoms with van der Waals surface area (Å²) in [6, 6.07) is 9.70. The summed E-state index contributed by atoms with van der Waals surface area (Å²) in [7, 11) is -2.15. The van der Waals surface area contributed by atoms with E-state index < -0.39 is 14.2 Å². The molecule has 0 aliphatic carbocycles. The highest BCUT2D eigenvalue weighted by atomic mass is 28.3. The molecule has 1 rings (SSSR count). The van der Waals surface area contributed by atoms with Gasteiger partial charge in [0.2, 0.25) is 0 Å². The van der Waals surface area contributed by atoms with Gasteiger partial charge in [-0.1, -0.05) is 70.8 Å². The second-order valence-corrected chi connectivity index (χ2v) is 12.1. The predicted octanol–water partition coefficient (Wildman–Crippen LogP) is 3.76. The smallest absolute Gasteiger partial charge is 0.138 e. The van der Waals surface area contributed by atoms with Gasteiger partial charge in [-0.3, -0.25) is 0 Å². The van der Waals surface area contributed by atoms with Crippen molar-refractivity contribution in [1.29, 1.82) is 0 Å². The van der Waals surface area contributed by atoms with Crippen molar-refractivity contribution in [2.45, 2.75) is 51.4 Å². The van der Waals surface area contributed by atoms with E-state index in [0.29, 0.717) is 12.0 Å². The second kappa shape index (κ2) is 6.06. The summed E-state index contributed by atoms with van der Waals surface area (Å²) < 4.78 is 0. The first-order valence-electron chi connectivity index (χ1n) is 7.03. The first-order chi connectivity index (χ1) is 9.07. The minimum Gasteiger partial charge on any atom is -0.388 e. The van der Waals surface area contributed by atoms with Gasteiger partial charge in [-0.2, -0.15) is 0 Å². The third-order valence-electron chi connectivity index (χ3n) is 4.41. The van der Waals surface area contributed by atoms with Crippen LogP contribution in [0.2, 0.25) is 18.1 Å². The molecule has 0 saturated heterocycles. The molecule has 0 radical (unpaired) electrons. The molecule has 0 fully saturated rings. The van der Waals surface area contributed by atoms with Crippen LogP contribution in [0.1, 0.15) is 26.3 Å². The fraction of sp³-hybridized carbons (Fsp3) is 0.471. The van der Waals surface area contributed by atoms with Crippen LogP contribution in [0.25, 0.3) is 0 Å². The van der Waals surface area contributed by atoms with Crippen LogP contribution in [0.5, 0.6) is 0 Å². The van der Waals surface area contributed by atoms with Crippen LogP contribution < -0.4 is 0 Å². The van der Waals surface area contributed by atoms with Crippen LogP contribution in [-0.2, 0) is 11.2 Å². The van der Waals surface area contributed by atoms with Gasteiger partial charge in [0.1, 0.15) is 13.5 Å². The van der Waals surface area contributed by atoms with Gasteiger partial charge < -0.3 is 9.90 Å². The highest BCUT2D eigenvalue weighted by Gasteiger charge is 2.43. The quantitative estimate of drug-likeness (QED) is 0.662. The third-order valence-corrected chi connectivity index (χ3v) is 9.61. The molecular formula is C17H26O2Si. The highest BCUT2D eigenvalue weighted by molar-refractivity contribution is 7.08. The lowest BCUT2D eigenvalue weighted by atomic mass is 10.0. The van der Waals surface area contributed by atoms with Gasteiger partial charge in [-0.15, -0.1) is 0 Å². The Hall–Kier alpha value is -1.19. The van der Waals surface area contributed by atoms with Gasteiger partial charge in [-0.25, -0.2) is 0 Å². The summed E-state index contributed by atoms with van der Waals surface area (Å²) in [5.74, 6) is 0. The number of benzene rings is 1. The Labute approximate surface area is 123 Å². The van der Waals surface area contributed by atoms with Crippen LogP contribution in [-0.4, -0.2) is 24.7 Å². The average molecular weight is 290 g/mol. The van der Waals surface area contributed by atoms with Gasteiger partial charge in [0.05, 0.1) is 6.10 Å². The number of hydrogen-bond donors (Lipinski definition) is 1. The SMILES string of the molecule is C=C(C(=O)[Si](C)(C)C(C)(C)C)C(O)Cc1ccccc1. The van der Waals surface area contributed by atoms with Crippen molar-refractivity contribution in [3.05, 3.63) is 48.0 Å². The van der Waals surface area contributed by atoms with Gasteiger partial charge >= 0.3 is 0 Å². The molecule has 1 atom stereocenters. The van der Waals surface area contributed by atoms with Crippen molar-refractivity contribution in [2.75, 3.05) is 0 Å². The Morgan fingerprint density at radius 1 is 1.25 bits per heavy atom. The molecule has 1 unspecified atom stereocenters. The molecule has 0 heterocycles. The third kappa shape index (κ3) is 3.67. The molecule has 110 valence electrons. The van der Waals surface area contributed by atoms with Gasteiger partial charge in [0.15, 0.2) is 0 Å². The van der Waals surface area contributed by atoms with E-state index in [1.54, 1.807) is 0 Å². The van der Waals surface area contributed by atoms with E-state index in [4.69, 9.17) is 0 Å². The Morgan fingerprint density at radius 2 is 1.75 bits per heavy atom. The maximum Gasteiger partial charge on any atom is 0.138 e.